The maximum absolute atomic E-state index is 12.4. The summed E-state index contributed by atoms with van der Waals surface area (Å²) in [5, 5.41) is 14.6. The molecule has 3 rings (SSSR count). The first kappa shape index (κ1) is 18.4. The van der Waals surface area contributed by atoms with Gasteiger partial charge in [0.2, 0.25) is 5.91 Å². The number of fused-ring (bicyclic) bond motifs is 1. The van der Waals surface area contributed by atoms with Crippen molar-refractivity contribution in [3.05, 3.63) is 48.0 Å². The maximum Gasteiger partial charge on any atom is 0.308 e. The number of amides is 1. The Bertz CT molecular complexity index is 783. The second-order valence-electron chi connectivity index (χ2n) is 7.03. The highest BCUT2D eigenvalue weighted by molar-refractivity contribution is 5.86. The summed E-state index contributed by atoms with van der Waals surface area (Å²) in [4.78, 5) is 24.1. The minimum Gasteiger partial charge on any atom is -0.481 e. The van der Waals surface area contributed by atoms with Crippen LogP contribution in [0, 0.1) is 11.8 Å². The van der Waals surface area contributed by atoms with Crippen molar-refractivity contribution in [2.45, 2.75) is 32.3 Å². The summed E-state index contributed by atoms with van der Waals surface area (Å²) in [6, 6.07) is 13.9. The van der Waals surface area contributed by atoms with E-state index in [0.29, 0.717) is 25.9 Å². The van der Waals surface area contributed by atoms with E-state index in [-0.39, 0.29) is 24.5 Å². The zero-order valence-electron chi connectivity index (χ0n) is 15.0. The first-order chi connectivity index (χ1) is 12.5. The van der Waals surface area contributed by atoms with Gasteiger partial charge in [-0.05, 0) is 42.5 Å². The maximum atomic E-state index is 12.4. The predicted octanol–water partition coefficient (Wildman–Crippen LogP) is 3.01. The lowest BCUT2D eigenvalue weighted by molar-refractivity contribution is -0.141. The van der Waals surface area contributed by atoms with Crippen molar-refractivity contribution in [2.75, 3.05) is 13.2 Å². The largest absolute Gasteiger partial charge is 0.481 e. The van der Waals surface area contributed by atoms with Crippen molar-refractivity contribution in [1.82, 2.24) is 5.32 Å². The Kier molecular flexibility index (Phi) is 5.89. The Labute approximate surface area is 153 Å². The molecule has 1 aliphatic rings. The van der Waals surface area contributed by atoms with Gasteiger partial charge >= 0.3 is 5.97 Å². The van der Waals surface area contributed by atoms with Crippen molar-refractivity contribution in [2.24, 2.45) is 11.8 Å². The molecular formula is C21H25NO4. The minimum absolute atomic E-state index is 0.0654. The Hall–Kier alpha value is -2.40. The third-order valence-corrected chi connectivity index (χ3v) is 5.07. The van der Waals surface area contributed by atoms with Crippen LogP contribution in [0.3, 0.4) is 0 Å². The number of hydrogen-bond donors (Lipinski definition) is 2. The van der Waals surface area contributed by atoms with Crippen LogP contribution in [0.5, 0.6) is 0 Å². The third-order valence-electron chi connectivity index (χ3n) is 5.07. The summed E-state index contributed by atoms with van der Waals surface area (Å²) in [5.74, 6) is -1.70. The fourth-order valence-electron chi connectivity index (χ4n) is 3.59. The number of benzene rings is 2. The predicted molar refractivity (Wildman–Crippen MR) is 99.9 cm³/mol. The van der Waals surface area contributed by atoms with E-state index in [1.54, 1.807) is 0 Å². The van der Waals surface area contributed by atoms with Crippen LogP contribution in [0.15, 0.2) is 42.5 Å². The summed E-state index contributed by atoms with van der Waals surface area (Å²) in [7, 11) is 0. The molecule has 3 unspecified atom stereocenters. The highest BCUT2D eigenvalue weighted by Gasteiger charge is 2.27. The number of hydrogen-bond acceptors (Lipinski definition) is 3. The monoisotopic (exact) mass is 355 g/mol. The minimum atomic E-state index is -0.890. The van der Waals surface area contributed by atoms with Crippen LogP contribution in [-0.4, -0.2) is 36.2 Å². The Morgan fingerprint density at radius 3 is 2.77 bits per heavy atom. The zero-order valence-corrected chi connectivity index (χ0v) is 15.0. The molecule has 2 aromatic rings. The molecule has 1 saturated heterocycles. The summed E-state index contributed by atoms with van der Waals surface area (Å²) < 4.78 is 5.47. The number of carbonyl (C=O) groups excluding carboxylic acids is 1. The normalized spacial score (nSPS) is 21.3. The molecule has 1 fully saturated rings. The van der Waals surface area contributed by atoms with Crippen molar-refractivity contribution < 1.29 is 19.4 Å². The zero-order chi connectivity index (χ0) is 18.5. The average molecular weight is 355 g/mol. The van der Waals surface area contributed by atoms with Crippen LogP contribution in [0.25, 0.3) is 10.8 Å². The lowest BCUT2D eigenvalue weighted by atomic mass is 9.93. The molecule has 2 N–H and O–H groups in total. The average Bonchev–Trinajstić information content (AvgIpc) is 2.64. The Balaban J connectivity index is 1.66. The van der Waals surface area contributed by atoms with Gasteiger partial charge in [0.15, 0.2) is 0 Å². The summed E-state index contributed by atoms with van der Waals surface area (Å²) >= 11 is 0. The molecule has 0 spiro atoms. The number of aliphatic carboxylic acids is 1. The van der Waals surface area contributed by atoms with E-state index in [2.05, 4.69) is 5.32 Å². The topological polar surface area (TPSA) is 75.6 Å². The molecule has 0 aliphatic carbocycles. The Morgan fingerprint density at radius 1 is 1.23 bits per heavy atom. The molecular weight excluding hydrogens is 330 g/mol. The van der Waals surface area contributed by atoms with Crippen molar-refractivity contribution in [3.8, 4) is 0 Å². The van der Waals surface area contributed by atoms with E-state index in [9.17, 15) is 14.7 Å². The van der Waals surface area contributed by atoms with E-state index < -0.39 is 11.9 Å². The van der Waals surface area contributed by atoms with Crippen LogP contribution in [0.1, 0.15) is 25.3 Å². The van der Waals surface area contributed by atoms with E-state index in [4.69, 9.17) is 4.74 Å². The van der Waals surface area contributed by atoms with E-state index in [1.807, 2.05) is 49.4 Å². The van der Waals surface area contributed by atoms with Gasteiger partial charge in [-0.2, -0.15) is 0 Å². The molecule has 3 atom stereocenters. The molecule has 0 saturated carbocycles. The fraction of sp³-hybridized carbons (Fsp3) is 0.429. The number of nitrogens with one attached hydrogen (secondary N) is 1. The van der Waals surface area contributed by atoms with Crippen LogP contribution >= 0.6 is 0 Å². The number of rotatable bonds is 6. The molecule has 5 nitrogen and oxygen atoms in total. The van der Waals surface area contributed by atoms with Crippen molar-refractivity contribution in [3.63, 3.8) is 0 Å². The molecule has 1 heterocycles. The van der Waals surface area contributed by atoms with Gasteiger partial charge in [-0.3, -0.25) is 9.59 Å². The molecule has 138 valence electrons. The standard InChI is InChI=1S/C21H25NO4/c1-14-11-17(9-10-26-14)20(23)22-13-18(21(24)25)12-16-7-4-6-15-5-2-3-8-19(15)16/h2-8,14,17-18H,9-13H2,1H3,(H,22,23)(H,24,25). The molecule has 26 heavy (non-hydrogen) atoms. The molecule has 0 radical (unpaired) electrons. The molecule has 5 heteroatoms. The lowest BCUT2D eigenvalue weighted by Gasteiger charge is -2.26. The highest BCUT2D eigenvalue weighted by Crippen LogP contribution is 2.22. The lowest BCUT2D eigenvalue weighted by Crippen LogP contribution is -2.40. The van der Waals surface area contributed by atoms with Gasteiger partial charge in [0, 0.05) is 19.1 Å². The SMILES string of the molecule is CC1CC(C(=O)NCC(Cc2cccc3ccccc23)C(=O)O)CCO1. The number of ether oxygens (including phenoxy) is 1. The summed E-state index contributed by atoms with van der Waals surface area (Å²) in [6.07, 6.45) is 1.84. The first-order valence-corrected chi connectivity index (χ1v) is 9.13. The fourth-order valence-corrected chi connectivity index (χ4v) is 3.59. The first-order valence-electron chi connectivity index (χ1n) is 9.13. The van der Waals surface area contributed by atoms with E-state index >= 15 is 0 Å². The van der Waals surface area contributed by atoms with E-state index in [0.717, 1.165) is 16.3 Å². The van der Waals surface area contributed by atoms with Gasteiger partial charge < -0.3 is 15.2 Å². The van der Waals surface area contributed by atoms with Gasteiger partial charge in [-0.25, -0.2) is 0 Å². The smallest absolute Gasteiger partial charge is 0.308 e. The second-order valence-corrected chi connectivity index (χ2v) is 7.03. The van der Waals surface area contributed by atoms with Gasteiger partial charge in [-0.15, -0.1) is 0 Å². The quantitative estimate of drug-likeness (QED) is 0.835. The van der Waals surface area contributed by atoms with Crippen molar-refractivity contribution >= 4 is 22.6 Å². The number of carboxylic acid groups (broad SMARTS) is 1. The number of carboxylic acids is 1. The van der Waals surface area contributed by atoms with Gasteiger partial charge in [0.05, 0.1) is 12.0 Å². The van der Waals surface area contributed by atoms with Crippen LogP contribution in [0.2, 0.25) is 0 Å². The van der Waals surface area contributed by atoms with Crippen LogP contribution < -0.4 is 5.32 Å². The van der Waals surface area contributed by atoms with Gasteiger partial charge in [0.25, 0.3) is 0 Å². The molecule has 1 amide bonds. The van der Waals surface area contributed by atoms with E-state index in [1.165, 1.54) is 0 Å². The molecule has 0 bridgehead atoms. The van der Waals surface area contributed by atoms with Crippen LogP contribution in [-0.2, 0) is 20.7 Å². The summed E-state index contributed by atoms with van der Waals surface area (Å²) in [6.45, 7) is 2.68. The van der Waals surface area contributed by atoms with Gasteiger partial charge in [-0.1, -0.05) is 42.5 Å². The highest BCUT2D eigenvalue weighted by atomic mass is 16.5. The van der Waals surface area contributed by atoms with Crippen LogP contribution in [0.4, 0.5) is 0 Å². The Morgan fingerprint density at radius 2 is 2.00 bits per heavy atom. The molecule has 1 aliphatic heterocycles. The van der Waals surface area contributed by atoms with Crippen molar-refractivity contribution in [1.29, 1.82) is 0 Å². The molecule has 0 aromatic heterocycles. The summed E-state index contributed by atoms with van der Waals surface area (Å²) in [5.41, 5.74) is 0.990. The third kappa shape index (κ3) is 4.41. The second kappa shape index (κ2) is 8.32. The number of carbonyl (C=O) groups is 2. The van der Waals surface area contributed by atoms with Gasteiger partial charge in [0.1, 0.15) is 0 Å². The molecule has 2 aromatic carbocycles.